The zero-order valence-electron chi connectivity index (χ0n) is 15.6. The first-order valence-corrected chi connectivity index (χ1v) is 9.42. The van der Waals surface area contributed by atoms with Crippen LogP contribution < -0.4 is 15.7 Å². The van der Waals surface area contributed by atoms with Gasteiger partial charge in [-0.05, 0) is 61.4 Å². The number of carbonyl (C=O) groups excluding carboxylic acids is 2. The summed E-state index contributed by atoms with van der Waals surface area (Å²) in [7, 11) is 0. The zero-order chi connectivity index (χ0) is 20.4. The van der Waals surface area contributed by atoms with Crippen LogP contribution in [-0.2, 0) is 0 Å². The minimum absolute atomic E-state index is 0.0568. The molecule has 0 unspecified atom stereocenters. The predicted octanol–water partition coefficient (Wildman–Crippen LogP) is 2.82. The van der Waals surface area contributed by atoms with Gasteiger partial charge in [0.25, 0.3) is 11.8 Å². The van der Waals surface area contributed by atoms with E-state index in [0.717, 1.165) is 37.1 Å². The van der Waals surface area contributed by atoms with Gasteiger partial charge in [-0.1, -0.05) is 0 Å². The van der Waals surface area contributed by atoms with E-state index in [1.807, 2.05) is 12.1 Å². The van der Waals surface area contributed by atoms with Crippen molar-refractivity contribution in [1.29, 1.82) is 0 Å². The number of H-pyrrole nitrogens is 1. The first kappa shape index (κ1) is 18.9. The monoisotopic (exact) mass is 396 g/mol. The quantitative estimate of drug-likeness (QED) is 0.403. The Morgan fingerprint density at radius 2 is 1.76 bits per heavy atom. The van der Waals surface area contributed by atoms with Gasteiger partial charge in [0.1, 0.15) is 11.5 Å². The molecule has 1 saturated heterocycles. The van der Waals surface area contributed by atoms with Gasteiger partial charge in [-0.2, -0.15) is 0 Å². The van der Waals surface area contributed by atoms with E-state index in [9.17, 15) is 14.0 Å². The molecule has 8 heteroatoms. The van der Waals surface area contributed by atoms with Gasteiger partial charge in [0, 0.05) is 41.3 Å². The highest BCUT2D eigenvalue weighted by Gasteiger charge is 2.22. The summed E-state index contributed by atoms with van der Waals surface area (Å²) in [4.78, 5) is 29.2. The maximum Gasteiger partial charge on any atom is 0.274 e. The average molecular weight is 396 g/mol. The molecule has 3 aromatic rings. The molecule has 0 saturated carbocycles. The fourth-order valence-electron chi connectivity index (χ4n) is 3.66. The molecule has 0 aliphatic carbocycles. The second-order valence-electron chi connectivity index (χ2n) is 7.14. The number of aromatic amines is 1. The van der Waals surface area contributed by atoms with Crippen molar-refractivity contribution in [3.05, 3.63) is 65.6 Å². The summed E-state index contributed by atoms with van der Waals surface area (Å²) >= 11 is 0. The van der Waals surface area contributed by atoms with E-state index >= 15 is 0 Å². The van der Waals surface area contributed by atoms with Crippen LogP contribution in [0.15, 0.2) is 48.5 Å². The largest absolute Gasteiger partial charge is 0.371 e. The number of fused-ring (bicyclic) bond motifs is 1. The van der Waals surface area contributed by atoms with Crippen molar-refractivity contribution < 1.29 is 19.2 Å². The number of aromatic nitrogens is 1. The second-order valence-corrected chi connectivity index (χ2v) is 7.14. The van der Waals surface area contributed by atoms with Gasteiger partial charge in [0.05, 0.1) is 0 Å². The van der Waals surface area contributed by atoms with E-state index < -0.39 is 5.91 Å². The molecule has 0 bridgehead atoms. The van der Waals surface area contributed by atoms with Crippen molar-refractivity contribution in [3.63, 3.8) is 0 Å². The Bertz CT molecular complexity index is 1040. The molecule has 2 aromatic carbocycles. The number of hydrogen-bond donors (Lipinski definition) is 4. The molecule has 2 heterocycles. The van der Waals surface area contributed by atoms with Crippen molar-refractivity contribution in [1.82, 2.24) is 15.8 Å². The lowest BCUT2D eigenvalue weighted by Crippen LogP contribution is -2.44. The van der Waals surface area contributed by atoms with Crippen molar-refractivity contribution in [2.75, 3.05) is 18.0 Å². The molecule has 0 radical (unpaired) electrons. The topological polar surface area (TPSA) is 97.5 Å². The first-order chi connectivity index (χ1) is 14.0. The summed E-state index contributed by atoms with van der Waals surface area (Å²) in [6.45, 7) is 1.54. The number of nitrogens with zero attached hydrogens (tertiary/aromatic N) is 1. The predicted molar refractivity (Wildman–Crippen MR) is 107 cm³/mol. The molecule has 1 aliphatic heterocycles. The van der Waals surface area contributed by atoms with Gasteiger partial charge in [-0.15, -0.1) is 0 Å². The van der Waals surface area contributed by atoms with Crippen LogP contribution in [0.5, 0.6) is 0 Å². The molecule has 7 nitrogen and oxygen atoms in total. The molecular formula is C21H21FN4O3. The number of piperidine rings is 1. The summed E-state index contributed by atoms with van der Waals surface area (Å²) in [5.41, 5.74) is 4.14. The lowest BCUT2D eigenvalue weighted by molar-refractivity contribution is 0.0706. The number of anilines is 1. The van der Waals surface area contributed by atoms with Crippen LogP contribution in [0.3, 0.4) is 0 Å². The van der Waals surface area contributed by atoms with Crippen LogP contribution in [-0.4, -0.2) is 41.1 Å². The van der Waals surface area contributed by atoms with Gasteiger partial charge in [0.15, 0.2) is 0 Å². The van der Waals surface area contributed by atoms with Crippen LogP contribution in [0.2, 0.25) is 0 Å². The van der Waals surface area contributed by atoms with E-state index in [-0.39, 0.29) is 17.8 Å². The molecule has 0 atom stereocenters. The number of halogens is 1. The van der Waals surface area contributed by atoms with Gasteiger partial charge >= 0.3 is 0 Å². The molecule has 4 N–H and O–H groups in total. The average Bonchev–Trinajstić information content (AvgIpc) is 3.17. The Kier molecular flexibility index (Phi) is 5.18. The molecule has 1 aromatic heterocycles. The van der Waals surface area contributed by atoms with Crippen molar-refractivity contribution in [3.8, 4) is 0 Å². The van der Waals surface area contributed by atoms with Crippen molar-refractivity contribution >= 4 is 28.4 Å². The molecule has 29 heavy (non-hydrogen) atoms. The molecule has 1 fully saturated rings. The highest BCUT2D eigenvalue weighted by atomic mass is 19.1. The number of benzene rings is 2. The summed E-state index contributed by atoms with van der Waals surface area (Å²) in [5.74, 6) is -1.07. The Morgan fingerprint density at radius 3 is 2.45 bits per heavy atom. The second kappa shape index (κ2) is 7.92. The number of amides is 2. The molecule has 4 rings (SSSR count). The summed E-state index contributed by atoms with van der Waals surface area (Å²) in [6.07, 6.45) is 1.58. The van der Waals surface area contributed by atoms with Gasteiger partial charge in [-0.3, -0.25) is 14.8 Å². The number of rotatable bonds is 4. The van der Waals surface area contributed by atoms with Gasteiger partial charge in [-0.25, -0.2) is 9.87 Å². The minimum Gasteiger partial charge on any atom is -0.371 e. The first-order valence-electron chi connectivity index (χ1n) is 9.42. The van der Waals surface area contributed by atoms with E-state index in [2.05, 4.69) is 15.2 Å². The Balaban J connectivity index is 1.34. The van der Waals surface area contributed by atoms with Crippen molar-refractivity contribution in [2.45, 2.75) is 18.9 Å². The smallest absolute Gasteiger partial charge is 0.274 e. The molecule has 150 valence electrons. The Morgan fingerprint density at radius 1 is 1.03 bits per heavy atom. The number of carbonyl (C=O) groups is 2. The number of hydroxylamine groups is 1. The molecule has 2 amide bonds. The van der Waals surface area contributed by atoms with Gasteiger partial charge in [0.2, 0.25) is 0 Å². The fraction of sp³-hybridized carbons (Fsp3) is 0.238. The van der Waals surface area contributed by atoms with E-state index in [1.165, 1.54) is 12.1 Å². The maximum atomic E-state index is 13.3. The standard InChI is InChI=1S/C21H21FN4O3/c22-15-3-6-18-14(11-15)12-19(24-18)21(28)23-16-7-9-26(10-8-16)17-4-1-13(2-5-17)20(27)25-29/h1-6,11-12,16,24,29H,7-10H2,(H,23,28)(H,25,27). The van der Waals surface area contributed by atoms with E-state index in [1.54, 1.807) is 29.7 Å². The van der Waals surface area contributed by atoms with Crippen LogP contribution in [0.4, 0.5) is 10.1 Å². The maximum absolute atomic E-state index is 13.3. The summed E-state index contributed by atoms with van der Waals surface area (Å²) in [5, 5.41) is 12.4. The normalized spacial score (nSPS) is 14.8. The highest BCUT2D eigenvalue weighted by Crippen LogP contribution is 2.21. The summed E-state index contributed by atoms with van der Waals surface area (Å²) < 4.78 is 13.3. The lowest BCUT2D eigenvalue weighted by atomic mass is 10.0. The number of nitrogens with one attached hydrogen (secondary N) is 3. The SMILES string of the molecule is O=C(NO)c1ccc(N2CCC(NC(=O)c3cc4cc(F)ccc4[nH]3)CC2)cc1. The lowest BCUT2D eigenvalue weighted by Gasteiger charge is -2.34. The minimum atomic E-state index is -0.544. The van der Waals surface area contributed by atoms with Crippen LogP contribution >= 0.6 is 0 Å². The van der Waals surface area contributed by atoms with Crippen LogP contribution in [0.25, 0.3) is 10.9 Å². The third-order valence-electron chi connectivity index (χ3n) is 5.25. The fourth-order valence-corrected chi connectivity index (χ4v) is 3.66. The van der Waals surface area contributed by atoms with Gasteiger partial charge < -0.3 is 15.2 Å². The molecule has 0 spiro atoms. The third kappa shape index (κ3) is 4.07. The zero-order valence-corrected chi connectivity index (χ0v) is 15.6. The Labute approximate surface area is 166 Å². The molecule has 1 aliphatic rings. The Hall–Kier alpha value is -3.39. The van der Waals surface area contributed by atoms with E-state index in [0.29, 0.717) is 16.6 Å². The molecular weight excluding hydrogens is 375 g/mol. The van der Waals surface area contributed by atoms with E-state index in [4.69, 9.17) is 5.21 Å². The summed E-state index contributed by atoms with van der Waals surface area (Å²) in [6, 6.07) is 13.1. The van der Waals surface area contributed by atoms with Crippen molar-refractivity contribution in [2.24, 2.45) is 0 Å². The van der Waals surface area contributed by atoms with Crippen LogP contribution in [0.1, 0.15) is 33.7 Å². The number of hydrogen-bond acceptors (Lipinski definition) is 4. The third-order valence-corrected chi connectivity index (χ3v) is 5.25. The van der Waals surface area contributed by atoms with Crippen LogP contribution in [0, 0.1) is 5.82 Å². The highest BCUT2D eigenvalue weighted by molar-refractivity contribution is 5.98.